The third-order valence-electron chi connectivity index (χ3n) is 0.800. The summed E-state index contributed by atoms with van der Waals surface area (Å²) < 4.78 is 0. The van der Waals surface area contributed by atoms with Gasteiger partial charge in [-0.05, 0) is 12.1 Å². The second kappa shape index (κ2) is 8.71. The zero-order valence-electron chi connectivity index (χ0n) is 5.57. The van der Waals surface area contributed by atoms with Gasteiger partial charge in [-0.25, -0.2) is 0 Å². The van der Waals surface area contributed by atoms with Gasteiger partial charge in [0.1, 0.15) is 0 Å². The number of para-hydroxylation sites is 1. The number of hydrogen-bond donors (Lipinski definition) is 1. The molecule has 52 valence electrons. The molecule has 3 nitrogen and oxygen atoms in total. The normalized spacial score (nSPS) is 6.00. The molecule has 1 aromatic carbocycles. The van der Waals surface area contributed by atoms with Crippen molar-refractivity contribution in [1.82, 2.24) is 0 Å². The second-order valence-electron chi connectivity index (χ2n) is 1.41. The molecule has 0 unspecified atom stereocenters. The van der Waals surface area contributed by atoms with Crippen molar-refractivity contribution in [3.63, 3.8) is 0 Å². The van der Waals surface area contributed by atoms with E-state index in [0.29, 0.717) is 0 Å². The van der Waals surface area contributed by atoms with E-state index in [2.05, 4.69) is 0 Å². The van der Waals surface area contributed by atoms with Crippen LogP contribution in [0.5, 0.6) is 0 Å². The van der Waals surface area contributed by atoms with Crippen molar-refractivity contribution in [2.45, 2.75) is 0 Å². The molecule has 4 N–H and O–H groups in total. The molecule has 0 radical (unpaired) electrons. The molecule has 0 aliphatic rings. The van der Waals surface area contributed by atoms with Crippen LogP contribution in [0.1, 0.15) is 0 Å². The predicted molar refractivity (Wildman–Crippen MR) is 40.5 cm³/mol. The number of anilines is 1. The average molecular weight is 151 g/mol. The summed E-state index contributed by atoms with van der Waals surface area (Å²) in [5.74, 6) is 0. The van der Waals surface area contributed by atoms with Gasteiger partial charge in [0.15, 0.2) is 0 Å². The average Bonchev–Trinajstić information content (AvgIpc) is 1.69. The molecule has 0 aliphatic heterocycles. The van der Waals surface area contributed by atoms with Gasteiger partial charge in [-0.3, -0.25) is 0 Å². The first-order valence-corrected chi connectivity index (χ1v) is 2.20. The maximum absolute atomic E-state index is 5.36. The molecule has 0 aliphatic carbocycles. The smallest absolute Gasteiger partial charge is 0.870 e. The standard InChI is InChI=1S/C6H7N.Mg.2H2O/c7-6-4-2-1-3-5-6;;;/h1-5H,7H2;;2*1H2/q;+2;;/p-2. The molecule has 0 aromatic heterocycles. The van der Waals surface area contributed by atoms with Crippen LogP contribution in [0.15, 0.2) is 30.3 Å². The Balaban J connectivity index is -0.000000163. The van der Waals surface area contributed by atoms with Crippen LogP contribution in [0.25, 0.3) is 0 Å². The Labute approximate surface area is 76.0 Å². The van der Waals surface area contributed by atoms with E-state index in [1.54, 1.807) is 0 Å². The fourth-order valence-corrected chi connectivity index (χ4v) is 0.453. The number of nitrogens with two attached hydrogens (primary N) is 1. The van der Waals surface area contributed by atoms with Gasteiger partial charge in [-0.1, -0.05) is 18.2 Å². The molecule has 0 heterocycles. The fraction of sp³-hybridized carbons (Fsp3) is 0. The number of hydrogen-bond acceptors (Lipinski definition) is 3. The van der Waals surface area contributed by atoms with Crippen LogP contribution < -0.4 is 5.73 Å². The molecule has 1 aromatic rings. The molecule has 1 rings (SSSR count). The van der Waals surface area contributed by atoms with Crippen molar-refractivity contribution >= 4 is 28.7 Å². The Morgan fingerprint density at radius 3 is 1.50 bits per heavy atom. The third kappa shape index (κ3) is 5.84. The molecule has 0 spiro atoms. The van der Waals surface area contributed by atoms with Gasteiger partial charge in [-0.15, -0.1) is 0 Å². The topological polar surface area (TPSA) is 86.0 Å². The summed E-state index contributed by atoms with van der Waals surface area (Å²) in [5, 5.41) is 0. The summed E-state index contributed by atoms with van der Waals surface area (Å²) in [7, 11) is 0. The van der Waals surface area contributed by atoms with Crippen molar-refractivity contribution in [3.05, 3.63) is 30.3 Å². The molecule has 0 amide bonds. The maximum Gasteiger partial charge on any atom is 2.00 e. The van der Waals surface area contributed by atoms with Crippen LogP contribution in [0.4, 0.5) is 5.69 Å². The van der Waals surface area contributed by atoms with Crippen LogP contribution in [0.2, 0.25) is 0 Å². The van der Waals surface area contributed by atoms with Gasteiger partial charge in [0, 0.05) is 5.69 Å². The quantitative estimate of drug-likeness (QED) is 0.434. The molecular formula is C6H9MgNO2. The molecule has 0 saturated heterocycles. The van der Waals surface area contributed by atoms with E-state index in [1.807, 2.05) is 30.3 Å². The van der Waals surface area contributed by atoms with E-state index in [1.165, 1.54) is 0 Å². The monoisotopic (exact) mass is 151 g/mol. The summed E-state index contributed by atoms with van der Waals surface area (Å²) in [6, 6.07) is 9.49. The molecule has 0 fully saturated rings. The van der Waals surface area contributed by atoms with Crippen molar-refractivity contribution in [2.24, 2.45) is 0 Å². The van der Waals surface area contributed by atoms with Crippen molar-refractivity contribution in [3.8, 4) is 0 Å². The molecule has 0 saturated carbocycles. The summed E-state index contributed by atoms with van der Waals surface area (Å²) in [4.78, 5) is 0. The Morgan fingerprint density at radius 2 is 1.30 bits per heavy atom. The van der Waals surface area contributed by atoms with Gasteiger partial charge in [0.2, 0.25) is 0 Å². The Bertz CT molecular complexity index is 146. The van der Waals surface area contributed by atoms with E-state index in [4.69, 9.17) is 5.73 Å². The Hall–Kier alpha value is -0.294. The zero-order valence-corrected chi connectivity index (χ0v) is 6.98. The molecular weight excluding hydrogens is 142 g/mol. The fourth-order valence-electron chi connectivity index (χ4n) is 0.453. The summed E-state index contributed by atoms with van der Waals surface area (Å²) in [6.07, 6.45) is 0. The van der Waals surface area contributed by atoms with Crippen LogP contribution >= 0.6 is 0 Å². The molecule has 10 heavy (non-hydrogen) atoms. The Morgan fingerprint density at radius 1 is 0.900 bits per heavy atom. The van der Waals surface area contributed by atoms with E-state index in [9.17, 15) is 0 Å². The summed E-state index contributed by atoms with van der Waals surface area (Å²) in [6.45, 7) is 0. The van der Waals surface area contributed by atoms with Gasteiger partial charge in [0.05, 0.1) is 0 Å². The van der Waals surface area contributed by atoms with Crippen LogP contribution in [-0.4, -0.2) is 34.0 Å². The minimum Gasteiger partial charge on any atom is -0.870 e. The molecule has 0 bridgehead atoms. The minimum absolute atomic E-state index is 0. The van der Waals surface area contributed by atoms with Gasteiger partial charge in [0.25, 0.3) is 0 Å². The first kappa shape index (κ1) is 16.4. The van der Waals surface area contributed by atoms with E-state index in [-0.39, 0.29) is 34.0 Å². The number of nitrogen functional groups attached to an aromatic ring is 1. The van der Waals surface area contributed by atoms with E-state index < -0.39 is 0 Å². The van der Waals surface area contributed by atoms with E-state index in [0.717, 1.165) is 5.69 Å². The SMILES string of the molecule is Nc1ccccc1.[Mg+2].[OH-].[OH-]. The maximum atomic E-state index is 5.36. The van der Waals surface area contributed by atoms with Crippen molar-refractivity contribution in [1.29, 1.82) is 0 Å². The Kier molecular flexibility index (Phi) is 14.2. The summed E-state index contributed by atoms with van der Waals surface area (Å²) >= 11 is 0. The van der Waals surface area contributed by atoms with Crippen LogP contribution in [0.3, 0.4) is 0 Å². The van der Waals surface area contributed by atoms with Crippen LogP contribution in [-0.2, 0) is 0 Å². The second-order valence-corrected chi connectivity index (χ2v) is 1.41. The number of rotatable bonds is 0. The van der Waals surface area contributed by atoms with Gasteiger partial charge < -0.3 is 16.7 Å². The summed E-state index contributed by atoms with van der Waals surface area (Å²) in [5.41, 5.74) is 6.18. The van der Waals surface area contributed by atoms with Gasteiger partial charge >= 0.3 is 23.1 Å². The van der Waals surface area contributed by atoms with Crippen LogP contribution in [0, 0.1) is 0 Å². The zero-order chi connectivity index (χ0) is 5.11. The largest absolute Gasteiger partial charge is 2.00 e. The molecule has 4 heteroatoms. The molecule has 0 atom stereocenters. The van der Waals surface area contributed by atoms with E-state index >= 15 is 0 Å². The third-order valence-corrected chi connectivity index (χ3v) is 0.800. The van der Waals surface area contributed by atoms with Crippen molar-refractivity contribution < 1.29 is 11.0 Å². The number of benzene rings is 1. The van der Waals surface area contributed by atoms with Crippen molar-refractivity contribution in [2.75, 3.05) is 5.73 Å². The first-order chi connectivity index (χ1) is 3.39. The minimum atomic E-state index is 0. The van der Waals surface area contributed by atoms with Gasteiger partial charge in [-0.2, -0.15) is 0 Å². The predicted octanol–water partition coefficient (Wildman–Crippen LogP) is 0.534. The first-order valence-electron chi connectivity index (χ1n) is 2.20.